The van der Waals surface area contributed by atoms with Crippen LogP contribution < -0.4 is 5.32 Å². The van der Waals surface area contributed by atoms with Gasteiger partial charge in [0.15, 0.2) is 5.13 Å². The lowest BCUT2D eigenvalue weighted by molar-refractivity contribution is 0.120. The first-order valence-corrected chi connectivity index (χ1v) is 6.85. The van der Waals surface area contributed by atoms with Crippen molar-refractivity contribution >= 4 is 26.7 Å². The molecule has 1 aliphatic heterocycles. The molecule has 1 N–H and O–H groups in total. The molecule has 0 spiro atoms. The predicted molar refractivity (Wildman–Crippen MR) is 71.8 cm³/mol. The Bertz CT molecular complexity index is 517. The maximum atomic E-state index is 5.58. The van der Waals surface area contributed by atoms with Gasteiger partial charge in [-0.25, -0.2) is 4.98 Å². The van der Waals surface area contributed by atoms with Crippen molar-refractivity contribution in [3.63, 3.8) is 0 Å². The fourth-order valence-corrected chi connectivity index (χ4v) is 2.97. The third kappa shape index (κ3) is 2.42. The van der Waals surface area contributed by atoms with Gasteiger partial charge < -0.3 is 10.1 Å². The van der Waals surface area contributed by atoms with Crippen LogP contribution in [0, 0.1) is 6.92 Å². The van der Waals surface area contributed by atoms with E-state index in [9.17, 15) is 0 Å². The van der Waals surface area contributed by atoms with Crippen LogP contribution in [0.5, 0.6) is 0 Å². The standard InChI is InChI=1S/C13H16N2OS/c1-9-4-5-12-11(7-9)15-13(17-12)14-8-10-3-2-6-16-10/h4-5,7,10H,2-3,6,8H2,1H3,(H,14,15). The maximum absolute atomic E-state index is 5.58. The van der Waals surface area contributed by atoms with E-state index in [4.69, 9.17) is 4.74 Å². The minimum Gasteiger partial charge on any atom is -0.376 e. The number of aryl methyl sites for hydroxylation is 1. The van der Waals surface area contributed by atoms with Crippen molar-refractivity contribution < 1.29 is 4.74 Å². The van der Waals surface area contributed by atoms with Gasteiger partial charge in [-0.15, -0.1) is 0 Å². The number of rotatable bonds is 3. The van der Waals surface area contributed by atoms with Crippen molar-refractivity contribution in [1.82, 2.24) is 4.98 Å². The van der Waals surface area contributed by atoms with Crippen LogP contribution in [0.3, 0.4) is 0 Å². The largest absolute Gasteiger partial charge is 0.376 e. The molecule has 1 aromatic heterocycles. The van der Waals surface area contributed by atoms with Gasteiger partial charge in [0.1, 0.15) is 0 Å². The number of thiazole rings is 1. The highest BCUT2D eigenvalue weighted by atomic mass is 32.1. The molecule has 1 fully saturated rings. The van der Waals surface area contributed by atoms with E-state index in [-0.39, 0.29) is 0 Å². The van der Waals surface area contributed by atoms with Crippen LogP contribution in [0.25, 0.3) is 10.2 Å². The van der Waals surface area contributed by atoms with Crippen molar-refractivity contribution in [1.29, 1.82) is 0 Å². The van der Waals surface area contributed by atoms with Crippen molar-refractivity contribution in [3.8, 4) is 0 Å². The number of hydrogen-bond donors (Lipinski definition) is 1. The molecule has 0 radical (unpaired) electrons. The summed E-state index contributed by atoms with van der Waals surface area (Å²) in [6.07, 6.45) is 2.71. The summed E-state index contributed by atoms with van der Waals surface area (Å²) in [5.74, 6) is 0. The van der Waals surface area contributed by atoms with Crippen LogP contribution in [0.1, 0.15) is 18.4 Å². The van der Waals surface area contributed by atoms with Crippen LogP contribution in [-0.4, -0.2) is 24.2 Å². The summed E-state index contributed by atoms with van der Waals surface area (Å²) in [5, 5.41) is 4.38. The van der Waals surface area contributed by atoms with Crippen molar-refractivity contribution in [3.05, 3.63) is 23.8 Å². The van der Waals surface area contributed by atoms with Crippen molar-refractivity contribution in [2.75, 3.05) is 18.5 Å². The number of ether oxygens (including phenoxy) is 1. The van der Waals surface area contributed by atoms with E-state index in [1.807, 2.05) is 0 Å². The van der Waals surface area contributed by atoms with E-state index in [0.29, 0.717) is 6.10 Å². The van der Waals surface area contributed by atoms with Gasteiger partial charge in [-0.1, -0.05) is 17.4 Å². The summed E-state index contributed by atoms with van der Waals surface area (Å²) < 4.78 is 6.82. The Morgan fingerprint density at radius 3 is 3.29 bits per heavy atom. The molecule has 0 amide bonds. The molecule has 3 nitrogen and oxygen atoms in total. The van der Waals surface area contributed by atoms with Crippen molar-refractivity contribution in [2.45, 2.75) is 25.9 Å². The Kier molecular flexibility index (Phi) is 2.99. The molecule has 4 heteroatoms. The van der Waals surface area contributed by atoms with Gasteiger partial charge in [-0.2, -0.15) is 0 Å². The molecule has 1 aromatic carbocycles. The van der Waals surface area contributed by atoms with Crippen molar-refractivity contribution in [2.24, 2.45) is 0 Å². The quantitative estimate of drug-likeness (QED) is 0.905. The number of anilines is 1. The zero-order valence-corrected chi connectivity index (χ0v) is 10.7. The Morgan fingerprint density at radius 1 is 1.53 bits per heavy atom. The topological polar surface area (TPSA) is 34.1 Å². The lowest BCUT2D eigenvalue weighted by Gasteiger charge is -2.08. The van der Waals surface area contributed by atoms with Crippen LogP contribution in [0.15, 0.2) is 18.2 Å². The zero-order valence-electron chi connectivity index (χ0n) is 9.90. The number of hydrogen-bond acceptors (Lipinski definition) is 4. The van der Waals surface area contributed by atoms with E-state index < -0.39 is 0 Å². The Balaban J connectivity index is 1.72. The lowest BCUT2D eigenvalue weighted by atomic mass is 10.2. The van der Waals surface area contributed by atoms with E-state index in [0.717, 1.165) is 30.2 Å². The van der Waals surface area contributed by atoms with E-state index in [1.165, 1.54) is 16.7 Å². The first-order chi connectivity index (χ1) is 8.31. The molecular weight excluding hydrogens is 232 g/mol. The van der Waals surface area contributed by atoms with Gasteiger partial charge in [-0.05, 0) is 37.5 Å². The normalized spacial score (nSPS) is 19.9. The molecule has 0 bridgehead atoms. The van der Waals surface area contributed by atoms with Crippen LogP contribution >= 0.6 is 11.3 Å². The average molecular weight is 248 g/mol. The predicted octanol–water partition coefficient (Wildman–Crippen LogP) is 3.20. The molecule has 3 rings (SSSR count). The Hall–Kier alpha value is -1.13. The van der Waals surface area contributed by atoms with E-state index >= 15 is 0 Å². The number of benzene rings is 1. The summed E-state index contributed by atoms with van der Waals surface area (Å²) in [6.45, 7) is 3.88. The summed E-state index contributed by atoms with van der Waals surface area (Å²) in [5.41, 5.74) is 2.35. The van der Waals surface area contributed by atoms with Gasteiger partial charge in [0.25, 0.3) is 0 Å². The van der Waals surface area contributed by atoms with Crippen LogP contribution in [0.4, 0.5) is 5.13 Å². The molecule has 0 aliphatic carbocycles. The number of nitrogens with zero attached hydrogens (tertiary/aromatic N) is 1. The first-order valence-electron chi connectivity index (χ1n) is 6.04. The second-order valence-corrected chi connectivity index (χ2v) is 5.54. The molecule has 90 valence electrons. The first kappa shape index (κ1) is 11.0. The van der Waals surface area contributed by atoms with E-state index in [1.54, 1.807) is 11.3 Å². The third-order valence-electron chi connectivity index (χ3n) is 3.05. The van der Waals surface area contributed by atoms with Gasteiger partial charge in [0.05, 0.1) is 16.3 Å². The van der Waals surface area contributed by atoms with E-state index in [2.05, 4.69) is 35.4 Å². The van der Waals surface area contributed by atoms with Crippen LogP contribution in [0.2, 0.25) is 0 Å². The highest BCUT2D eigenvalue weighted by molar-refractivity contribution is 7.22. The van der Waals surface area contributed by atoms with Gasteiger partial charge in [0.2, 0.25) is 0 Å². The zero-order chi connectivity index (χ0) is 11.7. The summed E-state index contributed by atoms with van der Waals surface area (Å²) in [7, 11) is 0. The highest BCUT2D eigenvalue weighted by Crippen LogP contribution is 2.26. The second-order valence-electron chi connectivity index (χ2n) is 4.51. The van der Waals surface area contributed by atoms with Gasteiger partial charge >= 0.3 is 0 Å². The summed E-state index contributed by atoms with van der Waals surface area (Å²) in [4.78, 5) is 4.59. The molecular formula is C13H16N2OS. The molecule has 1 aliphatic rings. The van der Waals surface area contributed by atoms with Gasteiger partial charge in [-0.3, -0.25) is 0 Å². The minimum absolute atomic E-state index is 0.365. The fourth-order valence-electron chi connectivity index (χ4n) is 2.12. The monoisotopic (exact) mass is 248 g/mol. The molecule has 0 saturated carbocycles. The molecule has 17 heavy (non-hydrogen) atoms. The minimum atomic E-state index is 0.365. The molecule has 1 atom stereocenters. The lowest BCUT2D eigenvalue weighted by Crippen LogP contribution is -2.18. The van der Waals surface area contributed by atoms with Gasteiger partial charge in [0, 0.05) is 13.2 Å². The molecule has 2 aromatic rings. The fraction of sp³-hybridized carbons (Fsp3) is 0.462. The average Bonchev–Trinajstić information content (AvgIpc) is 2.94. The number of aromatic nitrogens is 1. The molecule has 1 unspecified atom stereocenters. The summed E-state index contributed by atoms with van der Waals surface area (Å²) in [6, 6.07) is 6.40. The Labute approximate surface area is 105 Å². The number of nitrogens with one attached hydrogen (secondary N) is 1. The smallest absolute Gasteiger partial charge is 0.183 e. The maximum Gasteiger partial charge on any atom is 0.183 e. The summed E-state index contributed by atoms with van der Waals surface area (Å²) >= 11 is 1.71. The SMILES string of the molecule is Cc1ccc2sc(NCC3CCCO3)nc2c1. The van der Waals surface area contributed by atoms with Crippen LogP contribution in [-0.2, 0) is 4.74 Å². The number of fused-ring (bicyclic) bond motifs is 1. The molecule has 1 saturated heterocycles. The second kappa shape index (κ2) is 4.63. The third-order valence-corrected chi connectivity index (χ3v) is 4.04. The Morgan fingerprint density at radius 2 is 2.47 bits per heavy atom. The highest BCUT2D eigenvalue weighted by Gasteiger charge is 2.15. The molecule has 2 heterocycles.